The third-order valence-corrected chi connectivity index (χ3v) is 13.1. The molecule has 0 radical (unpaired) electrons. The second kappa shape index (κ2) is 26.6. The van der Waals surface area contributed by atoms with Gasteiger partial charge in [-0.25, -0.2) is 0 Å². The average Bonchev–Trinajstić information content (AvgIpc) is 3.10. The second-order valence-corrected chi connectivity index (χ2v) is 16.8. The molecule has 4 rings (SSSR count). The van der Waals surface area contributed by atoms with Crippen molar-refractivity contribution < 1.29 is 88.0 Å². The molecule has 8 nitrogen and oxygen atoms in total. The first-order chi connectivity index (χ1) is 23.0. The minimum atomic E-state index is -4.45. The van der Waals surface area contributed by atoms with Crippen molar-refractivity contribution >= 4 is 45.0 Å². The van der Waals surface area contributed by atoms with E-state index in [0.29, 0.717) is 46.2 Å². The number of nitrogens with zero attached hydrogens (tertiary/aromatic N) is 1. The van der Waals surface area contributed by atoms with Crippen LogP contribution in [-0.2, 0) is 14.2 Å². The molecule has 0 fully saturated rings. The van der Waals surface area contributed by atoms with Crippen molar-refractivity contribution in [2.24, 2.45) is 0 Å². The zero-order valence-electron chi connectivity index (χ0n) is 28.8. The van der Waals surface area contributed by atoms with Crippen molar-refractivity contribution in [2.45, 2.75) is 0 Å². The minimum Gasteiger partial charge on any atom is -0.688 e. The molecular weight excluding hydrogens is 695 g/mol. The van der Waals surface area contributed by atoms with Gasteiger partial charge < -0.3 is 34.2 Å². The van der Waals surface area contributed by atoms with Gasteiger partial charge in [-0.05, 0) is 37.1 Å². The Morgan fingerprint density at radius 2 is 0.837 bits per heavy atom. The van der Waals surface area contributed by atoms with Crippen LogP contribution < -0.4 is 100 Å². The Hall–Kier alpha value is -0.150. The number of hydrogen-bond donors (Lipinski definition) is 1. The number of benzene rings is 4. The average molecular weight is 741 g/mol. The van der Waals surface area contributed by atoms with Gasteiger partial charge in [-0.3, -0.25) is 4.90 Å². The first-order valence-electron chi connectivity index (χ1n) is 15.9. The summed E-state index contributed by atoms with van der Waals surface area (Å²) in [6, 6.07) is 43.4. The molecule has 13 heteroatoms. The molecule has 0 aliphatic rings. The van der Waals surface area contributed by atoms with E-state index >= 15 is 0 Å². The van der Waals surface area contributed by atoms with Crippen LogP contribution in [0.5, 0.6) is 0 Å². The summed E-state index contributed by atoms with van der Waals surface area (Å²) in [6.07, 6.45) is 1.47. The van der Waals surface area contributed by atoms with Gasteiger partial charge in [0.2, 0.25) is 0 Å². The fourth-order valence-corrected chi connectivity index (χ4v) is 10.1. The monoisotopic (exact) mass is 740 g/mol. The summed E-state index contributed by atoms with van der Waals surface area (Å²) < 4.78 is 17.2. The Labute approximate surface area is 339 Å². The molecule has 0 amide bonds. The number of nitrogens with one attached hydrogen (secondary N) is 1. The Morgan fingerprint density at radius 1 is 0.490 bits per heavy atom. The third kappa shape index (κ3) is 18.4. The molecule has 0 aromatic heterocycles. The molecule has 49 heavy (non-hydrogen) atoms. The Kier molecular flexibility index (Phi) is 24.4. The fourth-order valence-electron chi connectivity index (χ4n) is 4.86. The van der Waals surface area contributed by atoms with E-state index in [0.717, 1.165) is 19.1 Å². The molecule has 4 aromatic rings. The molecule has 0 heterocycles. The van der Waals surface area contributed by atoms with E-state index in [4.69, 9.17) is 14.2 Å². The Bertz CT molecular complexity index is 1200. The van der Waals surface area contributed by atoms with Crippen molar-refractivity contribution in [3.63, 3.8) is 0 Å². The maximum absolute atomic E-state index is 10.6. The zero-order valence-corrected chi connectivity index (χ0v) is 35.5. The summed E-state index contributed by atoms with van der Waals surface area (Å²) in [4.78, 5) is 34.5. The largest absolute Gasteiger partial charge is 1.00 e. The summed E-state index contributed by atoms with van der Waals surface area (Å²) in [5.74, 6) is 0. The van der Waals surface area contributed by atoms with Gasteiger partial charge in [-0.2, -0.15) is 7.94 Å². The quantitative estimate of drug-likeness (QED) is 0.0466. The van der Waals surface area contributed by atoms with Crippen molar-refractivity contribution in [1.82, 2.24) is 10.2 Å². The summed E-state index contributed by atoms with van der Waals surface area (Å²) in [5.41, 5.74) is 0. The van der Waals surface area contributed by atoms with Gasteiger partial charge >= 0.3 is 59.1 Å². The van der Waals surface area contributed by atoms with Crippen LogP contribution in [0.25, 0.3) is 0 Å². The molecular formula is C36H45N2Na2O6P3. The van der Waals surface area contributed by atoms with Crippen molar-refractivity contribution in [3.8, 4) is 0 Å². The molecule has 0 aliphatic heterocycles. The van der Waals surface area contributed by atoms with Gasteiger partial charge in [0.25, 0.3) is 0 Å². The third-order valence-electron chi connectivity index (χ3n) is 7.24. The SMILES string of the molecule is [Na+].[Na+].[O-][P+]([O-])([O-])CCNCCOCCOCCOCCN(CP(c1ccccc1)c1ccccc1)CP(c1ccccc1)c1ccccc1. The van der Waals surface area contributed by atoms with Gasteiger partial charge in [0.1, 0.15) is 0 Å². The summed E-state index contributed by atoms with van der Waals surface area (Å²) >= 11 is 0. The Morgan fingerprint density at radius 3 is 1.20 bits per heavy atom. The molecule has 0 spiro atoms. The molecule has 4 aromatic carbocycles. The van der Waals surface area contributed by atoms with E-state index in [1.165, 1.54) is 21.2 Å². The van der Waals surface area contributed by atoms with E-state index in [1.54, 1.807) is 0 Å². The molecule has 0 aliphatic carbocycles. The maximum Gasteiger partial charge on any atom is 1.00 e. The standard InChI is InChI=1S/C36H47N2O6P3.2Na/c39-47(40,41)30-22-37-21-24-42-26-28-44-29-27-43-25-23-38(31-45(33-13-5-1-6-14-33)34-15-7-2-8-16-34)32-46(35-17-9-3-10-18-35)36-19-11-4-12-20-36;;/h1-20,37H,21-32H2,(H2,39,40,41);;/q;2*+1/p-2. The van der Waals surface area contributed by atoms with Crippen LogP contribution in [0.15, 0.2) is 121 Å². The van der Waals surface area contributed by atoms with Crippen LogP contribution in [0, 0.1) is 0 Å². The fraction of sp³-hybridized carbons (Fsp3) is 0.333. The van der Waals surface area contributed by atoms with Crippen LogP contribution in [0.2, 0.25) is 0 Å². The molecule has 1 N–H and O–H groups in total. The van der Waals surface area contributed by atoms with Gasteiger partial charge in [-0.1, -0.05) is 121 Å². The van der Waals surface area contributed by atoms with E-state index < -0.39 is 29.9 Å². The molecule has 0 saturated carbocycles. The summed E-state index contributed by atoms with van der Waals surface area (Å²) in [5, 5.41) is 8.34. The van der Waals surface area contributed by atoms with Crippen molar-refractivity contribution in [3.05, 3.63) is 121 Å². The second-order valence-electron chi connectivity index (χ2n) is 10.8. The Balaban J connectivity index is 0.00000417. The topological polar surface area (TPSA) is 112 Å². The number of rotatable bonds is 23. The summed E-state index contributed by atoms with van der Waals surface area (Å²) in [7, 11) is -5.67. The number of ether oxygens (including phenoxy) is 3. The number of hydrogen-bond acceptors (Lipinski definition) is 8. The predicted molar refractivity (Wildman–Crippen MR) is 192 cm³/mol. The predicted octanol–water partition coefficient (Wildman–Crippen LogP) is -4.04. The maximum atomic E-state index is 10.6. The van der Waals surface area contributed by atoms with Gasteiger partial charge in [-0.15, -0.1) is 0 Å². The normalized spacial score (nSPS) is 11.5. The minimum absolute atomic E-state index is 0. The van der Waals surface area contributed by atoms with Crippen LogP contribution in [0.1, 0.15) is 0 Å². The summed E-state index contributed by atoms with van der Waals surface area (Å²) in [6.45, 7) is 4.30. The van der Waals surface area contributed by atoms with E-state index in [-0.39, 0.29) is 65.7 Å². The van der Waals surface area contributed by atoms with Crippen LogP contribution >= 0.6 is 23.8 Å². The van der Waals surface area contributed by atoms with E-state index in [9.17, 15) is 14.7 Å². The van der Waals surface area contributed by atoms with Crippen molar-refractivity contribution in [2.75, 3.05) is 78.0 Å². The van der Waals surface area contributed by atoms with Gasteiger partial charge in [0.05, 0.1) is 45.8 Å². The zero-order chi connectivity index (χ0) is 33.0. The van der Waals surface area contributed by atoms with E-state index in [1.807, 2.05) is 0 Å². The van der Waals surface area contributed by atoms with Gasteiger partial charge in [0.15, 0.2) is 0 Å². The first kappa shape index (κ1) is 45.0. The van der Waals surface area contributed by atoms with Crippen molar-refractivity contribution in [1.29, 1.82) is 0 Å². The molecule has 0 saturated heterocycles. The molecule has 0 unspecified atom stereocenters. The van der Waals surface area contributed by atoms with Crippen LogP contribution in [-0.4, -0.2) is 82.9 Å². The molecule has 0 atom stereocenters. The van der Waals surface area contributed by atoms with Gasteiger partial charge in [0, 0.05) is 32.2 Å². The first-order valence-corrected chi connectivity index (χ1v) is 20.7. The van der Waals surface area contributed by atoms with Crippen LogP contribution in [0.3, 0.4) is 0 Å². The van der Waals surface area contributed by atoms with E-state index in [2.05, 4.69) is 132 Å². The molecule has 252 valence electrons. The van der Waals surface area contributed by atoms with Crippen LogP contribution in [0.4, 0.5) is 0 Å². The smallest absolute Gasteiger partial charge is 0.688 e. The molecule has 0 bridgehead atoms.